The molecule has 0 bridgehead atoms. The molecular weight excluding hydrogens is 264 g/mol. The molecule has 0 aliphatic carbocycles. The van der Waals surface area contributed by atoms with Gasteiger partial charge >= 0.3 is 0 Å². The number of hydrogen-bond acceptors (Lipinski definition) is 5. The zero-order chi connectivity index (χ0) is 13.2. The quantitative estimate of drug-likeness (QED) is 0.717. The summed E-state index contributed by atoms with van der Waals surface area (Å²) in [6.07, 6.45) is 3.15. The van der Waals surface area contributed by atoms with Gasteiger partial charge in [-0.15, -0.1) is 10.2 Å². The first-order valence-corrected chi connectivity index (χ1v) is 5.99. The van der Waals surface area contributed by atoms with Gasteiger partial charge in [-0.3, -0.25) is 4.98 Å². The van der Waals surface area contributed by atoms with Gasteiger partial charge in [0.15, 0.2) is 0 Å². The van der Waals surface area contributed by atoms with E-state index in [0.717, 1.165) is 5.69 Å². The highest BCUT2D eigenvalue weighted by atomic mass is 35.5. The van der Waals surface area contributed by atoms with Crippen molar-refractivity contribution in [2.45, 2.75) is 6.92 Å². The van der Waals surface area contributed by atoms with Crippen molar-refractivity contribution in [3.05, 3.63) is 47.4 Å². The maximum atomic E-state index is 6.03. The Kier molecular flexibility index (Phi) is 2.97. The first kappa shape index (κ1) is 11.8. The predicted molar refractivity (Wildman–Crippen MR) is 70.5 cm³/mol. The fraction of sp³-hybridized carbons (Fsp3) is 0.0769. The van der Waals surface area contributed by atoms with Crippen LogP contribution in [0.2, 0.25) is 5.02 Å². The maximum Gasteiger partial charge on any atom is 0.266 e. The van der Waals surface area contributed by atoms with Crippen LogP contribution in [0, 0.1) is 6.92 Å². The van der Waals surface area contributed by atoms with Crippen LogP contribution in [0.1, 0.15) is 5.69 Å². The third-order valence-electron chi connectivity index (χ3n) is 2.54. The Hall–Kier alpha value is -2.27. The van der Waals surface area contributed by atoms with Crippen molar-refractivity contribution in [1.29, 1.82) is 0 Å². The van der Waals surface area contributed by atoms with E-state index in [2.05, 4.69) is 20.2 Å². The minimum Gasteiger partial charge on any atom is -0.415 e. The first-order valence-electron chi connectivity index (χ1n) is 5.61. The normalized spacial score (nSPS) is 10.6. The van der Waals surface area contributed by atoms with Crippen molar-refractivity contribution in [2.75, 3.05) is 0 Å². The molecule has 0 N–H and O–H groups in total. The molecule has 19 heavy (non-hydrogen) atoms. The van der Waals surface area contributed by atoms with E-state index in [9.17, 15) is 0 Å². The Bertz CT molecular complexity index is 726. The summed E-state index contributed by atoms with van der Waals surface area (Å²) in [6.45, 7) is 1.90. The third kappa shape index (κ3) is 2.32. The van der Waals surface area contributed by atoms with Gasteiger partial charge in [0.25, 0.3) is 5.89 Å². The van der Waals surface area contributed by atoms with Gasteiger partial charge in [0.1, 0.15) is 5.69 Å². The van der Waals surface area contributed by atoms with E-state index >= 15 is 0 Å². The predicted octanol–water partition coefficient (Wildman–Crippen LogP) is 3.16. The number of pyridine rings is 2. The van der Waals surface area contributed by atoms with Gasteiger partial charge < -0.3 is 4.42 Å². The zero-order valence-electron chi connectivity index (χ0n) is 10.0. The van der Waals surface area contributed by atoms with E-state index in [4.69, 9.17) is 16.0 Å². The fourth-order valence-corrected chi connectivity index (χ4v) is 1.85. The lowest BCUT2D eigenvalue weighted by molar-refractivity contribution is 0.582. The standard InChI is InChI=1S/C13H9ClN4O/c1-8-3-2-4-11(16-8)13-18-17-12(19-13)9-5-6-15-7-10(9)14/h2-7H,1H3. The van der Waals surface area contributed by atoms with Gasteiger partial charge in [-0.2, -0.15) is 0 Å². The largest absolute Gasteiger partial charge is 0.415 e. The molecule has 3 aromatic rings. The lowest BCUT2D eigenvalue weighted by atomic mass is 10.3. The van der Waals surface area contributed by atoms with E-state index in [0.29, 0.717) is 28.1 Å². The van der Waals surface area contributed by atoms with Crippen molar-refractivity contribution >= 4 is 11.6 Å². The molecule has 0 saturated carbocycles. The molecule has 6 heteroatoms. The summed E-state index contributed by atoms with van der Waals surface area (Å²) in [5.74, 6) is 0.720. The van der Waals surface area contributed by atoms with Gasteiger partial charge in [-0.05, 0) is 25.1 Å². The Morgan fingerprint density at radius 2 is 1.95 bits per heavy atom. The Balaban J connectivity index is 2.03. The lowest BCUT2D eigenvalue weighted by Gasteiger charge is -1.97. The monoisotopic (exact) mass is 272 g/mol. The van der Waals surface area contributed by atoms with E-state index in [-0.39, 0.29) is 0 Å². The maximum absolute atomic E-state index is 6.03. The summed E-state index contributed by atoms with van der Waals surface area (Å²) in [7, 11) is 0. The molecule has 0 aromatic carbocycles. The molecule has 0 aliphatic heterocycles. The van der Waals surface area contributed by atoms with Gasteiger partial charge in [0.05, 0.1) is 10.6 Å². The summed E-state index contributed by atoms with van der Waals surface area (Å²) in [6, 6.07) is 7.34. The first-order chi connectivity index (χ1) is 9.24. The summed E-state index contributed by atoms with van der Waals surface area (Å²) in [5.41, 5.74) is 2.19. The Morgan fingerprint density at radius 1 is 1.11 bits per heavy atom. The molecule has 3 rings (SSSR count). The van der Waals surface area contributed by atoms with Crippen LogP contribution >= 0.6 is 11.6 Å². The molecule has 3 aromatic heterocycles. The Labute approximate surface area is 114 Å². The van der Waals surface area contributed by atoms with Gasteiger partial charge in [-0.25, -0.2) is 4.98 Å². The van der Waals surface area contributed by atoms with E-state index in [1.54, 1.807) is 12.3 Å². The summed E-state index contributed by atoms with van der Waals surface area (Å²) in [4.78, 5) is 8.24. The summed E-state index contributed by atoms with van der Waals surface area (Å²) in [5, 5.41) is 8.44. The molecule has 0 atom stereocenters. The van der Waals surface area contributed by atoms with E-state index < -0.39 is 0 Å². The number of halogens is 1. The molecular formula is C13H9ClN4O. The van der Waals surface area contributed by atoms with Gasteiger partial charge in [0, 0.05) is 18.1 Å². The second-order valence-electron chi connectivity index (χ2n) is 3.93. The minimum atomic E-state index is 0.353. The minimum absolute atomic E-state index is 0.353. The van der Waals surface area contributed by atoms with E-state index in [1.807, 2.05) is 25.1 Å². The smallest absolute Gasteiger partial charge is 0.266 e. The number of nitrogens with zero attached hydrogens (tertiary/aromatic N) is 4. The zero-order valence-corrected chi connectivity index (χ0v) is 10.8. The third-order valence-corrected chi connectivity index (χ3v) is 2.84. The molecule has 0 unspecified atom stereocenters. The second-order valence-corrected chi connectivity index (χ2v) is 4.34. The van der Waals surface area contributed by atoms with Crippen LogP contribution in [0.5, 0.6) is 0 Å². The van der Waals surface area contributed by atoms with Crippen molar-refractivity contribution in [3.8, 4) is 23.0 Å². The van der Waals surface area contributed by atoms with Crippen LogP contribution in [0.4, 0.5) is 0 Å². The fourth-order valence-electron chi connectivity index (χ4n) is 1.65. The lowest BCUT2D eigenvalue weighted by Crippen LogP contribution is -1.85. The number of hydrogen-bond donors (Lipinski definition) is 0. The molecule has 0 amide bonds. The van der Waals surface area contributed by atoms with Crippen molar-refractivity contribution < 1.29 is 4.42 Å². The number of aryl methyl sites for hydroxylation is 1. The highest BCUT2D eigenvalue weighted by Crippen LogP contribution is 2.27. The summed E-state index contributed by atoms with van der Waals surface area (Å²) >= 11 is 6.03. The number of aromatic nitrogens is 4. The van der Waals surface area contributed by atoms with Crippen molar-refractivity contribution in [1.82, 2.24) is 20.2 Å². The molecule has 0 saturated heterocycles. The average Bonchev–Trinajstić information content (AvgIpc) is 2.89. The Morgan fingerprint density at radius 3 is 2.74 bits per heavy atom. The van der Waals surface area contributed by atoms with Gasteiger partial charge in [0.2, 0.25) is 5.89 Å². The molecule has 94 valence electrons. The van der Waals surface area contributed by atoms with Gasteiger partial charge in [-0.1, -0.05) is 17.7 Å². The van der Waals surface area contributed by atoms with Crippen LogP contribution < -0.4 is 0 Å². The number of rotatable bonds is 2. The SMILES string of the molecule is Cc1cccc(-c2nnc(-c3ccncc3Cl)o2)n1. The van der Waals surface area contributed by atoms with Crippen LogP contribution in [0.15, 0.2) is 41.1 Å². The topological polar surface area (TPSA) is 64.7 Å². The summed E-state index contributed by atoms with van der Waals surface area (Å²) < 4.78 is 5.59. The van der Waals surface area contributed by atoms with E-state index in [1.165, 1.54) is 6.20 Å². The van der Waals surface area contributed by atoms with Crippen LogP contribution in [0.25, 0.3) is 23.0 Å². The molecule has 0 fully saturated rings. The van der Waals surface area contributed by atoms with Crippen molar-refractivity contribution in [3.63, 3.8) is 0 Å². The molecule has 0 aliphatic rings. The molecule has 0 spiro atoms. The van der Waals surface area contributed by atoms with Crippen LogP contribution in [-0.4, -0.2) is 20.2 Å². The molecule has 0 radical (unpaired) electrons. The second kappa shape index (κ2) is 4.78. The highest BCUT2D eigenvalue weighted by molar-refractivity contribution is 6.32. The van der Waals surface area contributed by atoms with Crippen molar-refractivity contribution in [2.24, 2.45) is 0 Å². The highest BCUT2D eigenvalue weighted by Gasteiger charge is 2.13. The molecule has 5 nitrogen and oxygen atoms in total. The van der Waals surface area contributed by atoms with Crippen LogP contribution in [0.3, 0.4) is 0 Å². The molecule has 3 heterocycles. The van der Waals surface area contributed by atoms with Crippen LogP contribution in [-0.2, 0) is 0 Å². The average molecular weight is 273 g/mol.